The van der Waals surface area contributed by atoms with Crippen molar-refractivity contribution < 1.29 is 28.2 Å². The number of nitrogens with zero attached hydrogens (tertiary/aromatic N) is 1. The highest BCUT2D eigenvalue weighted by atomic mass is 16.6. The molecule has 0 saturated carbocycles. The Hall–Kier alpha value is -3.35. The van der Waals surface area contributed by atoms with Crippen LogP contribution in [0.4, 0.5) is 0 Å². The summed E-state index contributed by atoms with van der Waals surface area (Å²) in [4.78, 5) is 27.7. The van der Waals surface area contributed by atoms with Crippen LogP contribution in [0.3, 0.4) is 0 Å². The summed E-state index contributed by atoms with van der Waals surface area (Å²) in [6.07, 6.45) is 3.29. The van der Waals surface area contributed by atoms with E-state index in [1.54, 1.807) is 43.3 Å². The zero-order chi connectivity index (χ0) is 18.5. The van der Waals surface area contributed by atoms with Crippen LogP contribution in [0.15, 0.2) is 51.7 Å². The summed E-state index contributed by atoms with van der Waals surface area (Å²) in [6, 6.07) is 8.31. The van der Waals surface area contributed by atoms with Crippen molar-refractivity contribution >= 4 is 23.9 Å². The largest absolute Gasteiger partial charge is 0.490 e. The number of ether oxygens (including phenoxy) is 3. The lowest BCUT2D eigenvalue weighted by molar-refractivity contribution is -0.134. The Morgan fingerprint density at radius 3 is 2.77 bits per heavy atom. The van der Waals surface area contributed by atoms with Crippen LogP contribution in [0.25, 0.3) is 6.08 Å². The highest BCUT2D eigenvalue weighted by Crippen LogP contribution is 2.30. The Balaban J connectivity index is 1.89. The fraction of sp³-hybridized carbons (Fsp3) is 0.211. The normalized spacial score (nSPS) is 14.9. The van der Waals surface area contributed by atoms with E-state index in [1.165, 1.54) is 6.26 Å². The summed E-state index contributed by atoms with van der Waals surface area (Å²) in [5.41, 5.74) is 0.790. The minimum atomic E-state index is -0.573. The van der Waals surface area contributed by atoms with E-state index >= 15 is 0 Å². The minimum Gasteiger partial charge on any atom is -0.490 e. The van der Waals surface area contributed by atoms with Gasteiger partial charge in [0.25, 0.3) is 5.90 Å². The lowest BCUT2D eigenvalue weighted by Gasteiger charge is -2.10. The second-order valence-corrected chi connectivity index (χ2v) is 5.28. The van der Waals surface area contributed by atoms with Gasteiger partial charge in [0.2, 0.25) is 0 Å². The molecule has 2 heterocycles. The number of hydrogen-bond donors (Lipinski definition) is 0. The average molecular weight is 355 g/mol. The molecule has 1 aliphatic heterocycles. The summed E-state index contributed by atoms with van der Waals surface area (Å²) < 4.78 is 21.0. The van der Waals surface area contributed by atoms with Crippen molar-refractivity contribution in [3.63, 3.8) is 0 Å². The molecule has 0 bridgehead atoms. The molecule has 0 spiro atoms. The predicted octanol–water partition coefficient (Wildman–Crippen LogP) is 3.34. The molecule has 0 N–H and O–H groups in total. The van der Waals surface area contributed by atoms with E-state index in [1.807, 2.05) is 6.92 Å². The minimum absolute atomic E-state index is 0.116. The first-order valence-corrected chi connectivity index (χ1v) is 8.14. The molecule has 2 aromatic rings. The van der Waals surface area contributed by atoms with Crippen LogP contribution < -0.4 is 9.47 Å². The van der Waals surface area contributed by atoms with Gasteiger partial charge in [0, 0.05) is 6.42 Å². The summed E-state index contributed by atoms with van der Waals surface area (Å²) in [6.45, 7) is 3.94. The summed E-state index contributed by atoms with van der Waals surface area (Å²) in [5, 5.41) is 0. The van der Waals surface area contributed by atoms with E-state index in [0.29, 0.717) is 29.4 Å². The van der Waals surface area contributed by atoms with Gasteiger partial charge in [0.05, 0.1) is 12.9 Å². The zero-order valence-electron chi connectivity index (χ0n) is 14.4. The quantitative estimate of drug-likeness (QED) is 0.449. The highest BCUT2D eigenvalue weighted by Gasteiger charge is 2.25. The molecule has 26 heavy (non-hydrogen) atoms. The number of cyclic esters (lactones) is 1. The third-order valence-electron chi connectivity index (χ3n) is 3.44. The lowest BCUT2D eigenvalue weighted by atomic mass is 10.1. The topological polar surface area (TPSA) is 87.3 Å². The first-order valence-electron chi connectivity index (χ1n) is 8.14. The standard InChI is InChI=1S/C19H17NO6/c1-3-17(21)25-14-8-7-12(11-16(14)23-4-2)10-13-19(22)26-18(20-13)15-6-5-9-24-15/h5-11H,3-4H2,1-2H3/b13-10+. The van der Waals surface area contributed by atoms with E-state index in [9.17, 15) is 9.59 Å². The number of esters is 2. The molecule has 1 aromatic carbocycles. The van der Waals surface area contributed by atoms with Crippen LogP contribution in [0.1, 0.15) is 31.6 Å². The van der Waals surface area contributed by atoms with Gasteiger partial charge in [-0.1, -0.05) is 13.0 Å². The molecule has 1 aliphatic rings. The highest BCUT2D eigenvalue weighted by molar-refractivity contribution is 6.11. The molecule has 0 unspecified atom stereocenters. The molecular formula is C19H17NO6. The number of benzene rings is 1. The van der Waals surface area contributed by atoms with E-state index in [0.717, 1.165) is 0 Å². The Morgan fingerprint density at radius 2 is 2.08 bits per heavy atom. The molecule has 7 nitrogen and oxygen atoms in total. The average Bonchev–Trinajstić information content (AvgIpc) is 3.28. The molecule has 0 saturated heterocycles. The van der Waals surface area contributed by atoms with Gasteiger partial charge in [-0.3, -0.25) is 4.79 Å². The van der Waals surface area contributed by atoms with Crippen molar-refractivity contribution in [3.05, 3.63) is 53.6 Å². The Labute approximate surface area is 149 Å². The van der Waals surface area contributed by atoms with E-state index in [4.69, 9.17) is 18.6 Å². The van der Waals surface area contributed by atoms with E-state index in [2.05, 4.69) is 4.99 Å². The monoisotopic (exact) mass is 355 g/mol. The molecule has 0 radical (unpaired) electrons. The van der Waals surface area contributed by atoms with Gasteiger partial charge in [0.15, 0.2) is 23.0 Å². The van der Waals surface area contributed by atoms with Crippen molar-refractivity contribution in [3.8, 4) is 11.5 Å². The molecular weight excluding hydrogens is 338 g/mol. The fourth-order valence-corrected chi connectivity index (χ4v) is 2.23. The zero-order valence-corrected chi connectivity index (χ0v) is 14.4. The van der Waals surface area contributed by atoms with Gasteiger partial charge in [-0.05, 0) is 42.8 Å². The third kappa shape index (κ3) is 3.83. The van der Waals surface area contributed by atoms with Gasteiger partial charge in [-0.25, -0.2) is 9.79 Å². The number of aliphatic imine (C=N–C) groups is 1. The first kappa shape index (κ1) is 17.5. The summed E-state index contributed by atoms with van der Waals surface area (Å²) >= 11 is 0. The number of hydrogen-bond acceptors (Lipinski definition) is 7. The van der Waals surface area contributed by atoms with Crippen LogP contribution in [-0.2, 0) is 14.3 Å². The third-order valence-corrected chi connectivity index (χ3v) is 3.44. The maximum absolute atomic E-state index is 12.0. The smallest absolute Gasteiger partial charge is 0.363 e. The lowest BCUT2D eigenvalue weighted by Crippen LogP contribution is -2.07. The summed E-state index contributed by atoms with van der Waals surface area (Å²) in [5.74, 6) is 0.295. The fourth-order valence-electron chi connectivity index (χ4n) is 2.23. The van der Waals surface area contributed by atoms with Crippen LogP contribution in [-0.4, -0.2) is 24.4 Å². The molecule has 0 aliphatic carbocycles. The molecule has 0 amide bonds. The molecule has 134 valence electrons. The second-order valence-electron chi connectivity index (χ2n) is 5.28. The second kappa shape index (κ2) is 7.69. The van der Waals surface area contributed by atoms with Gasteiger partial charge in [0.1, 0.15) is 0 Å². The van der Waals surface area contributed by atoms with Gasteiger partial charge >= 0.3 is 11.9 Å². The Bertz CT molecular complexity index is 879. The van der Waals surface area contributed by atoms with Crippen molar-refractivity contribution in [2.45, 2.75) is 20.3 Å². The maximum atomic E-state index is 12.0. The van der Waals surface area contributed by atoms with Crippen LogP contribution >= 0.6 is 0 Å². The molecule has 1 aromatic heterocycles. The van der Waals surface area contributed by atoms with Gasteiger partial charge in [-0.15, -0.1) is 0 Å². The van der Waals surface area contributed by atoms with Crippen LogP contribution in [0, 0.1) is 0 Å². The van der Waals surface area contributed by atoms with Gasteiger partial charge < -0.3 is 18.6 Å². The number of furan rings is 1. The van der Waals surface area contributed by atoms with E-state index in [-0.39, 0.29) is 24.0 Å². The Kier molecular flexibility index (Phi) is 5.17. The van der Waals surface area contributed by atoms with Gasteiger partial charge in [-0.2, -0.15) is 0 Å². The van der Waals surface area contributed by atoms with Crippen molar-refractivity contribution in [2.75, 3.05) is 6.61 Å². The summed E-state index contributed by atoms with van der Waals surface area (Å²) in [7, 11) is 0. The van der Waals surface area contributed by atoms with Crippen molar-refractivity contribution in [1.82, 2.24) is 0 Å². The maximum Gasteiger partial charge on any atom is 0.363 e. The van der Waals surface area contributed by atoms with Crippen molar-refractivity contribution in [2.24, 2.45) is 4.99 Å². The number of rotatable bonds is 6. The predicted molar refractivity (Wildman–Crippen MR) is 92.9 cm³/mol. The number of carbonyl (C=O) groups excluding carboxylic acids is 2. The molecule has 7 heteroatoms. The molecule has 3 rings (SSSR count). The van der Waals surface area contributed by atoms with Crippen molar-refractivity contribution in [1.29, 1.82) is 0 Å². The Morgan fingerprint density at radius 1 is 1.23 bits per heavy atom. The van der Waals surface area contributed by atoms with Crippen LogP contribution in [0.5, 0.6) is 11.5 Å². The van der Waals surface area contributed by atoms with E-state index < -0.39 is 5.97 Å². The molecule has 0 atom stereocenters. The number of carbonyl (C=O) groups is 2. The first-order chi connectivity index (χ1) is 12.6. The molecule has 0 fully saturated rings. The SMILES string of the molecule is CCOc1cc(/C=C2/N=C(c3ccco3)OC2=O)ccc1OC(=O)CC. The van der Waals surface area contributed by atoms with Crippen LogP contribution in [0.2, 0.25) is 0 Å².